The molecule has 2 aromatic rings. The number of fused-ring (bicyclic) bond motifs is 1. The molecule has 2 aromatic carbocycles. The minimum atomic E-state index is -0.648. The molecule has 2 atom stereocenters. The second-order valence-corrected chi connectivity index (χ2v) is 13.2. The van der Waals surface area contributed by atoms with E-state index in [0.29, 0.717) is 62.6 Å². The molecule has 1 aliphatic carbocycles. The van der Waals surface area contributed by atoms with Gasteiger partial charge in [-0.1, -0.05) is 60.2 Å². The van der Waals surface area contributed by atoms with Crippen molar-refractivity contribution in [3.05, 3.63) is 84.0 Å². The number of hydrogen-bond donors (Lipinski definition) is 0. The number of carbonyl (C=O) groups excluding carboxylic acids is 3. The fourth-order valence-corrected chi connectivity index (χ4v) is 6.53. The average molecular weight is 642 g/mol. The molecule has 5 rings (SSSR count). The van der Waals surface area contributed by atoms with Gasteiger partial charge in [0, 0.05) is 45.6 Å². The van der Waals surface area contributed by atoms with Crippen LogP contribution in [-0.2, 0) is 19.1 Å². The molecule has 2 heterocycles. The van der Waals surface area contributed by atoms with Crippen molar-refractivity contribution in [1.29, 1.82) is 0 Å². The summed E-state index contributed by atoms with van der Waals surface area (Å²) in [6, 6.07) is 15.8. The minimum Gasteiger partial charge on any atom is -0.482 e. The van der Waals surface area contributed by atoms with E-state index >= 15 is 0 Å². The molecule has 1 unspecified atom stereocenters. The Morgan fingerprint density at radius 2 is 1.89 bits per heavy atom. The first-order valence-corrected chi connectivity index (χ1v) is 16.6. The maximum Gasteiger partial charge on any atom is 0.410 e. The lowest BCUT2D eigenvalue weighted by molar-refractivity contribution is -0.125. The lowest BCUT2D eigenvalue weighted by atomic mass is 9.77. The number of ether oxygens (including phenoxy) is 3. The van der Waals surface area contributed by atoms with E-state index in [1.807, 2.05) is 64.1 Å². The third-order valence-electron chi connectivity index (χ3n) is 8.78. The molecule has 0 spiro atoms. The molecule has 0 radical (unpaired) electrons. The van der Waals surface area contributed by atoms with E-state index in [0.717, 1.165) is 11.1 Å². The molecule has 3 aliphatic rings. The van der Waals surface area contributed by atoms with Gasteiger partial charge in [0.2, 0.25) is 5.91 Å². The number of carbonyl (C=O) groups is 3. The second kappa shape index (κ2) is 15.0. The largest absolute Gasteiger partial charge is 0.482 e. The molecule has 47 heavy (non-hydrogen) atoms. The van der Waals surface area contributed by atoms with Gasteiger partial charge in [-0.15, -0.1) is 0 Å². The molecule has 250 valence electrons. The molecular weight excluding hydrogens is 594 g/mol. The Kier molecular flexibility index (Phi) is 10.9. The van der Waals surface area contributed by atoms with Gasteiger partial charge < -0.3 is 28.9 Å². The van der Waals surface area contributed by atoms with Crippen LogP contribution in [0.5, 0.6) is 5.75 Å². The van der Waals surface area contributed by atoms with Gasteiger partial charge >= 0.3 is 6.09 Å². The molecule has 0 bridgehead atoms. The number of amides is 3. The van der Waals surface area contributed by atoms with Crippen LogP contribution in [0.2, 0.25) is 0 Å². The summed E-state index contributed by atoms with van der Waals surface area (Å²) < 4.78 is 16.7. The number of anilines is 2. The molecule has 9 heteroatoms. The van der Waals surface area contributed by atoms with Crippen molar-refractivity contribution >= 4 is 34.9 Å². The van der Waals surface area contributed by atoms with Crippen molar-refractivity contribution in [2.45, 2.75) is 52.6 Å². The molecule has 2 aliphatic heterocycles. The predicted octanol–water partition coefficient (Wildman–Crippen LogP) is 6.64. The van der Waals surface area contributed by atoms with Crippen LogP contribution in [0.3, 0.4) is 0 Å². The highest BCUT2D eigenvalue weighted by atomic mass is 16.6. The molecule has 0 N–H and O–H groups in total. The number of nitrogens with zero attached hydrogens (tertiary/aromatic N) is 3. The Labute approximate surface area is 278 Å². The summed E-state index contributed by atoms with van der Waals surface area (Å²) in [5.41, 5.74) is 4.05. The van der Waals surface area contributed by atoms with Crippen LogP contribution < -0.4 is 14.5 Å². The van der Waals surface area contributed by atoms with Gasteiger partial charge in [0.1, 0.15) is 11.4 Å². The van der Waals surface area contributed by atoms with Gasteiger partial charge in [0.15, 0.2) is 6.61 Å². The fraction of sp³-hybridized carbons (Fsp3) is 0.447. The minimum absolute atomic E-state index is 0.0248. The number of allylic oxidation sites excluding steroid dienone is 6. The maximum atomic E-state index is 14.8. The number of hydrogen-bond acceptors (Lipinski definition) is 6. The number of rotatable bonds is 9. The van der Waals surface area contributed by atoms with E-state index < -0.39 is 17.6 Å². The van der Waals surface area contributed by atoms with Crippen LogP contribution in [0.4, 0.5) is 16.2 Å². The molecule has 0 saturated carbocycles. The van der Waals surface area contributed by atoms with Gasteiger partial charge in [0.05, 0.1) is 11.6 Å². The summed E-state index contributed by atoms with van der Waals surface area (Å²) in [4.78, 5) is 46.1. The van der Waals surface area contributed by atoms with Crippen molar-refractivity contribution < 1.29 is 28.6 Å². The summed E-state index contributed by atoms with van der Waals surface area (Å²) in [5.74, 6) is -0.178. The number of piperidine rings is 1. The van der Waals surface area contributed by atoms with E-state index in [1.165, 1.54) is 5.57 Å². The lowest BCUT2D eigenvalue weighted by Gasteiger charge is -2.41. The van der Waals surface area contributed by atoms with Crippen LogP contribution in [0.15, 0.2) is 78.4 Å². The summed E-state index contributed by atoms with van der Waals surface area (Å²) in [6.45, 7) is 9.65. The first kappa shape index (κ1) is 34.0. The van der Waals surface area contributed by atoms with Gasteiger partial charge in [0.25, 0.3) is 5.91 Å². The maximum absolute atomic E-state index is 14.8. The third kappa shape index (κ3) is 8.14. The quantitative estimate of drug-likeness (QED) is 0.285. The van der Waals surface area contributed by atoms with Crippen molar-refractivity contribution in [1.82, 2.24) is 4.90 Å². The van der Waals surface area contributed by atoms with Crippen LogP contribution in [0, 0.1) is 11.8 Å². The summed E-state index contributed by atoms with van der Waals surface area (Å²) in [6.07, 6.45) is 10.2. The van der Waals surface area contributed by atoms with Gasteiger partial charge in [-0.2, -0.15) is 0 Å². The van der Waals surface area contributed by atoms with Crippen LogP contribution in [0.1, 0.15) is 52.5 Å². The zero-order valence-electron chi connectivity index (χ0n) is 28.2. The van der Waals surface area contributed by atoms with Gasteiger partial charge in [-0.3, -0.25) is 9.59 Å². The van der Waals surface area contributed by atoms with Crippen molar-refractivity contribution in [2.24, 2.45) is 11.8 Å². The zero-order chi connectivity index (χ0) is 33.6. The van der Waals surface area contributed by atoms with E-state index in [9.17, 15) is 14.4 Å². The molecule has 9 nitrogen and oxygen atoms in total. The van der Waals surface area contributed by atoms with E-state index in [-0.39, 0.29) is 30.9 Å². The third-order valence-corrected chi connectivity index (χ3v) is 8.78. The summed E-state index contributed by atoms with van der Waals surface area (Å²) in [5, 5.41) is 0. The van der Waals surface area contributed by atoms with E-state index in [4.69, 9.17) is 14.2 Å². The SMILES string of the molecule is CCN(C(=O)C1CN(C(=O)OC(C)(C)C)CC[C@@H]1C1=CC(c2ccccc2)=CC=CC1)c1ccc2c(c1)N(CCCOC)C(=O)CO2. The van der Waals surface area contributed by atoms with Crippen LogP contribution in [0.25, 0.3) is 5.57 Å². The van der Waals surface area contributed by atoms with Crippen molar-refractivity contribution in [2.75, 3.05) is 56.3 Å². The lowest BCUT2D eigenvalue weighted by Crippen LogP contribution is -2.52. The highest BCUT2D eigenvalue weighted by molar-refractivity contribution is 6.01. The molecule has 1 fully saturated rings. The summed E-state index contributed by atoms with van der Waals surface area (Å²) in [7, 11) is 1.64. The van der Waals surface area contributed by atoms with Crippen molar-refractivity contribution in [3.63, 3.8) is 0 Å². The van der Waals surface area contributed by atoms with Crippen LogP contribution >= 0.6 is 0 Å². The zero-order valence-corrected chi connectivity index (χ0v) is 28.2. The first-order chi connectivity index (χ1) is 22.6. The Balaban J connectivity index is 1.49. The Hall–Kier alpha value is -4.37. The standard InChI is InChI=1S/C38H47N3O6/c1-6-40(30-17-18-34-33(24-30)41(20-12-22-45-5)35(42)26-46-34)36(43)32-25-39(37(44)47-38(2,3)4)21-19-31(32)29-16-11-10-15-28(23-29)27-13-8-7-9-14-27/h7-11,13-15,17-18,23-24,31-32H,6,12,16,19-22,25-26H2,1-5H3/t31-,32?/m1/s1. The highest BCUT2D eigenvalue weighted by Gasteiger charge is 2.41. The predicted molar refractivity (Wildman–Crippen MR) is 184 cm³/mol. The number of methoxy groups -OCH3 is 1. The fourth-order valence-electron chi connectivity index (χ4n) is 6.53. The topological polar surface area (TPSA) is 88.6 Å². The smallest absolute Gasteiger partial charge is 0.410 e. The average Bonchev–Trinajstić information content (AvgIpc) is 3.32. The van der Waals surface area contributed by atoms with Gasteiger partial charge in [-0.25, -0.2) is 4.79 Å². The molecule has 0 aromatic heterocycles. The number of benzene rings is 2. The molecular formula is C38H47N3O6. The van der Waals surface area contributed by atoms with Crippen LogP contribution in [-0.4, -0.2) is 74.9 Å². The second-order valence-electron chi connectivity index (χ2n) is 13.2. The van der Waals surface area contributed by atoms with Crippen molar-refractivity contribution in [3.8, 4) is 5.75 Å². The Bertz CT molecular complexity index is 1540. The van der Waals surface area contributed by atoms with E-state index in [2.05, 4.69) is 36.4 Å². The highest BCUT2D eigenvalue weighted by Crippen LogP contribution is 2.40. The summed E-state index contributed by atoms with van der Waals surface area (Å²) >= 11 is 0. The monoisotopic (exact) mass is 641 g/mol. The molecule has 3 amide bonds. The Morgan fingerprint density at radius 3 is 2.62 bits per heavy atom. The first-order valence-electron chi connectivity index (χ1n) is 16.6. The number of likely N-dealkylation sites (tertiary alicyclic amines) is 1. The Morgan fingerprint density at radius 1 is 1.11 bits per heavy atom. The molecule has 1 saturated heterocycles. The van der Waals surface area contributed by atoms with E-state index in [1.54, 1.807) is 21.8 Å². The van der Waals surface area contributed by atoms with Gasteiger partial charge in [-0.05, 0) is 82.2 Å². The normalized spacial score (nSPS) is 19.6.